The van der Waals surface area contributed by atoms with Crippen LogP contribution in [0.2, 0.25) is 5.02 Å². The molecule has 0 saturated heterocycles. The maximum absolute atomic E-state index is 12.4. The highest BCUT2D eigenvalue weighted by Crippen LogP contribution is 2.49. The van der Waals surface area contributed by atoms with Crippen molar-refractivity contribution in [3.8, 4) is 5.75 Å². The predicted molar refractivity (Wildman–Crippen MR) is 120 cm³/mol. The summed E-state index contributed by atoms with van der Waals surface area (Å²) in [7, 11) is 1.65. The second kappa shape index (κ2) is 8.15. The van der Waals surface area contributed by atoms with E-state index in [1.807, 2.05) is 44.2 Å². The summed E-state index contributed by atoms with van der Waals surface area (Å²) in [4.78, 5) is 19.3. The van der Waals surface area contributed by atoms with Crippen molar-refractivity contribution in [3.63, 3.8) is 0 Å². The van der Waals surface area contributed by atoms with Gasteiger partial charge >= 0.3 is 5.97 Å². The number of carbonyl (C=O) groups is 1. The Bertz CT molecular complexity index is 1110. The molecule has 0 fully saturated rings. The summed E-state index contributed by atoms with van der Waals surface area (Å²) in [6.07, 6.45) is 0.319. The van der Waals surface area contributed by atoms with E-state index < -0.39 is 0 Å². The summed E-state index contributed by atoms with van der Waals surface area (Å²) in [5.74, 6) is 0.580. The Hall–Kier alpha value is -2.79. The van der Waals surface area contributed by atoms with Gasteiger partial charge < -0.3 is 14.4 Å². The van der Waals surface area contributed by atoms with Gasteiger partial charge in [0.15, 0.2) is 0 Å². The second-order valence-corrected chi connectivity index (χ2v) is 8.03. The Morgan fingerprint density at radius 2 is 1.97 bits per heavy atom. The molecule has 0 spiro atoms. The second-order valence-electron chi connectivity index (χ2n) is 7.60. The number of ether oxygens (including phenoxy) is 2. The largest absolute Gasteiger partial charge is 0.497 e. The molecule has 2 aromatic carbocycles. The zero-order valence-electron chi connectivity index (χ0n) is 17.6. The van der Waals surface area contributed by atoms with Crippen LogP contribution in [0, 0.1) is 6.92 Å². The smallest absolute Gasteiger partial charge is 0.306 e. The Morgan fingerprint density at radius 1 is 1.17 bits per heavy atom. The molecule has 0 N–H and O–H groups in total. The minimum absolute atomic E-state index is 0.00929. The van der Waals surface area contributed by atoms with Gasteiger partial charge in [-0.1, -0.05) is 11.6 Å². The molecule has 0 aliphatic carbocycles. The van der Waals surface area contributed by atoms with Gasteiger partial charge in [-0.15, -0.1) is 0 Å². The van der Waals surface area contributed by atoms with Crippen molar-refractivity contribution in [2.45, 2.75) is 39.2 Å². The first-order valence-electron chi connectivity index (χ1n) is 10.1. The van der Waals surface area contributed by atoms with Crippen LogP contribution in [0.4, 0.5) is 11.4 Å². The summed E-state index contributed by atoms with van der Waals surface area (Å²) < 4.78 is 10.7. The zero-order valence-corrected chi connectivity index (χ0v) is 18.4. The van der Waals surface area contributed by atoms with E-state index in [0.29, 0.717) is 18.1 Å². The van der Waals surface area contributed by atoms with Crippen LogP contribution >= 0.6 is 11.6 Å². The van der Waals surface area contributed by atoms with Crippen LogP contribution in [-0.4, -0.2) is 30.7 Å². The highest BCUT2D eigenvalue weighted by atomic mass is 35.5. The van der Waals surface area contributed by atoms with E-state index in [1.165, 1.54) is 0 Å². The summed E-state index contributed by atoms with van der Waals surface area (Å²) in [6.45, 7) is 6.34. The van der Waals surface area contributed by atoms with Crippen molar-refractivity contribution in [3.05, 3.63) is 58.7 Å². The maximum atomic E-state index is 12.4. The van der Waals surface area contributed by atoms with Crippen LogP contribution in [0.25, 0.3) is 10.9 Å². The van der Waals surface area contributed by atoms with Gasteiger partial charge in [0.2, 0.25) is 0 Å². The fourth-order valence-electron chi connectivity index (χ4n) is 4.38. The van der Waals surface area contributed by atoms with E-state index in [2.05, 4.69) is 28.9 Å². The molecular weight excluding hydrogens is 400 g/mol. The van der Waals surface area contributed by atoms with Crippen LogP contribution in [0.15, 0.2) is 42.5 Å². The SMILES string of the molecule is CCOC(=O)CC1c2cc(OC)ccc2N(c2cc(C)nc3cc(Cl)ccc23)C1C. The number of esters is 1. The fraction of sp³-hybridized carbons (Fsp3) is 0.333. The summed E-state index contributed by atoms with van der Waals surface area (Å²) >= 11 is 6.22. The quantitative estimate of drug-likeness (QED) is 0.486. The average Bonchev–Trinajstić information content (AvgIpc) is 2.98. The number of fused-ring (bicyclic) bond motifs is 2. The zero-order chi connectivity index (χ0) is 21.4. The minimum Gasteiger partial charge on any atom is -0.497 e. The van der Waals surface area contributed by atoms with Crippen LogP contribution in [0.3, 0.4) is 0 Å². The fourth-order valence-corrected chi connectivity index (χ4v) is 4.54. The normalized spacial score (nSPS) is 17.8. The molecule has 2 atom stereocenters. The lowest BCUT2D eigenvalue weighted by molar-refractivity contribution is -0.143. The number of rotatable bonds is 5. The topological polar surface area (TPSA) is 51.7 Å². The number of aryl methyl sites for hydroxylation is 1. The molecule has 3 aromatic rings. The van der Waals surface area contributed by atoms with Crippen molar-refractivity contribution in [1.82, 2.24) is 4.98 Å². The van der Waals surface area contributed by atoms with E-state index in [-0.39, 0.29) is 17.9 Å². The van der Waals surface area contributed by atoms with Gasteiger partial charge in [-0.25, -0.2) is 0 Å². The number of methoxy groups -OCH3 is 1. The molecule has 2 heterocycles. The van der Waals surface area contributed by atoms with Gasteiger partial charge in [-0.2, -0.15) is 0 Å². The van der Waals surface area contributed by atoms with Crippen LogP contribution < -0.4 is 9.64 Å². The molecule has 6 heteroatoms. The molecule has 0 saturated carbocycles. The Kier molecular flexibility index (Phi) is 5.56. The van der Waals surface area contributed by atoms with E-state index >= 15 is 0 Å². The highest BCUT2D eigenvalue weighted by Gasteiger charge is 2.39. The molecule has 0 radical (unpaired) electrons. The lowest BCUT2D eigenvalue weighted by atomic mass is 9.92. The number of hydrogen-bond acceptors (Lipinski definition) is 5. The molecule has 4 rings (SSSR count). The number of carbonyl (C=O) groups excluding carboxylic acids is 1. The first-order chi connectivity index (χ1) is 14.4. The number of aromatic nitrogens is 1. The molecule has 30 heavy (non-hydrogen) atoms. The Morgan fingerprint density at radius 3 is 2.70 bits per heavy atom. The summed E-state index contributed by atoms with van der Waals surface area (Å²) in [5, 5.41) is 1.68. The van der Waals surface area contributed by atoms with Crippen molar-refractivity contribution in [2.24, 2.45) is 0 Å². The van der Waals surface area contributed by atoms with Gasteiger partial charge in [-0.3, -0.25) is 9.78 Å². The third-order valence-corrected chi connectivity index (χ3v) is 5.95. The third kappa shape index (κ3) is 3.58. The van der Waals surface area contributed by atoms with Gasteiger partial charge in [0, 0.05) is 33.7 Å². The number of anilines is 2. The van der Waals surface area contributed by atoms with Gasteiger partial charge in [0.25, 0.3) is 0 Å². The number of hydrogen-bond donors (Lipinski definition) is 0. The third-order valence-electron chi connectivity index (χ3n) is 5.71. The van der Waals surface area contributed by atoms with E-state index in [9.17, 15) is 4.79 Å². The molecule has 5 nitrogen and oxygen atoms in total. The molecule has 0 amide bonds. The average molecular weight is 425 g/mol. The van der Waals surface area contributed by atoms with E-state index in [0.717, 1.165) is 39.3 Å². The molecule has 1 aliphatic heterocycles. The van der Waals surface area contributed by atoms with Crippen LogP contribution in [0.5, 0.6) is 5.75 Å². The Balaban J connectivity index is 1.87. The maximum Gasteiger partial charge on any atom is 0.306 e. The number of halogens is 1. The summed E-state index contributed by atoms with van der Waals surface area (Å²) in [5.41, 5.74) is 4.98. The monoisotopic (exact) mass is 424 g/mol. The van der Waals surface area contributed by atoms with Crippen molar-refractivity contribution in [1.29, 1.82) is 0 Å². The van der Waals surface area contributed by atoms with Crippen molar-refractivity contribution >= 4 is 39.8 Å². The van der Waals surface area contributed by atoms with E-state index in [4.69, 9.17) is 21.1 Å². The van der Waals surface area contributed by atoms with Gasteiger partial charge in [0.1, 0.15) is 5.75 Å². The van der Waals surface area contributed by atoms with Crippen molar-refractivity contribution in [2.75, 3.05) is 18.6 Å². The lowest BCUT2D eigenvalue weighted by Gasteiger charge is -2.29. The van der Waals surface area contributed by atoms with Crippen LogP contribution in [0.1, 0.15) is 37.4 Å². The predicted octanol–water partition coefficient (Wildman–Crippen LogP) is 5.78. The summed E-state index contributed by atoms with van der Waals surface area (Å²) in [6, 6.07) is 14.0. The molecule has 156 valence electrons. The standard InChI is InChI=1S/C24H25ClN2O3/c1-5-30-24(28)13-19-15(3)27(22-9-7-17(29-4)12-20(19)22)23-10-14(2)26-21-11-16(25)6-8-18(21)23/h6-12,15,19H,5,13H2,1-4H3. The first-order valence-corrected chi connectivity index (χ1v) is 10.5. The van der Waals surface area contributed by atoms with Gasteiger partial charge in [0.05, 0.1) is 31.3 Å². The molecule has 1 aromatic heterocycles. The molecule has 2 unspecified atom stereocenters. The molecule has 0 bridgehead atoms. The van der Waals surface area contributed by atoms with Gasteiger partial charge in [-0.05, 0) is 68.8 Å². The minimum atomic E-state index is -0.187. The highest BCUT2D eigenvalue weighted by molar-refractivity contribution is 6.31. The number of benzene rings is 2. The van der Waals surface area contributed by atoms with E-state index in [1.54, 1.807) is 7.11 Å². The van der Waals surface area contributed by atoms with Crippen LogP contribution in [-0.2, 0) is 9.53 Å². The first kappa shape index (κ1) is 20.5. The number of pyridine rings is 1. The molecule has 1 aliphatic rings. The number of nitrogens with zero attached hydrogens (tertiary/aromatic N) is 2. The lowest BCUT2D eigenvalue weighted by Crippen LogP contribution is -2.28. The van der Waals surface area contributed by atoms with Crippen molar-refractivity contribution < 1.29 is 14.3 Å². The molecular formula is C24H25ClN2O3. The Labute approximate surface area is 181 Å².